The quantitative estimate of drug-likeness (QED) is 0.620. The summed E-state index contributed by atoms with van der Waals surface area (Å²) in [7, 11) is 1.50. The van der Waals surface area contributed by atoms with Gasteiger partial charge in [-0.1, -0.05) is 12.1 Å². The van der Waals surface area contributed by atoms with Crippen molar-refractivity contribution in [3.8, 4) is 23.3 Å². The number of hydrogen-bond donors (Lipinski definition) is 1. The third-order valence-electron chi connectivity index (χ3n) is 4.09. The summed E-state index contributed by atoms with van der Waals surface area (Å²) >= 11 is 0. The monoisotopic (exact) mass is 399 g/mol. The van der Waals surface area contributed by atoms with Crippen LogP contribution < -0.4 is 14.2 Å². The summed E-state index contributed by atoms with van der Waals surface area (Å²) in [6, 6.07) is 14.7. The topological polar surface area (TPSA) is 80.9 Å². The van der Waals surface area contributed by atoms with Gasteiger partial charge in [-0.3, -0.25) is 0 Å². The maximum atomic E-state index is 10.2. The van der Waals surface area contributed by atoms with Gasteiger partial charge < -0.3 is 24.1 Å². The van der Waals surface area contributed by atoms with Gasteiger partial charge in [0.15, 0.2) is 11.5 Å². The van der Waals surface area contributed by atoms with Crippen LogP contribution in [-0.4, -0.2) is 43.7 Å². The molecule has 2 atom stereocenters. The maximum absolute atomic E-state index is 10.2. The van der Waals surface area contributed by atoms with Gasteiger partial charge in [0.1, 0.15) is 25.1 Å². The molecule has 0 bridgehead atoms. The Labute approximate surface area is 172 Å². The molecule has 0 aromatic heterocycles. The first-order chi connectivity index (χ1) is 13.9. The Kier molecular flexibility index (Phi) is 8.78. The highest BCUT2D eigenvalue weighted by Gasteiger charge is 2.11. The van der Waals surface area contributed by atoms with E-state index < -0.39 is 6.10 Å². The van der Waals surface area contributed by atoms with Gasteiger partial charge in [0.25, 0.3) is 0 Å². The average molecular weight is 399 g/mol. The van der Waals surface area contributed by atoms with Crippen molar-refractivity contribution in [1.82, 2.24) is 0 Å². The van der Waals surface area contributed by atoms with Crippen molar-refractivity contribution in [2.45, 2.75) is 45.5 Å². The Bertz CT molecular complexity index is 815. The SMILES string of the molecule is COc1cc(C#N)ccc1OCC(O)COc1cccc(CC(C)OC(C)C)c1. The third-order valence-corrected chi connectivity index (χ3v) is 4.09. The molecule has 2 rings (SSSR count). The van der Waals surface area contributed by atoms with Crippen molar-refractivity contribution in [2.24, 2.45) is 0 Å². The highest BCUT2D eigenvalue weighted by molar-refractivity contribution is 5.46. The predicted octanol–water partition coefficient (Wildman–Crippen LogP) is 3.74. The number of benzene rings is 2. The van der Waals surface area contributed by atoms with Crippen molar-refractivity contribution < 1.29 is 24.1 Å². The number of aliphatic hydroxyl groups is 1. The number of methoxy groups -OCH3 is 1. The molecule has 29 heavy (non-hydrogen) atoms. The van der Waals surface area contributed by atoms with Gasteiger partial charge in [-0.25, -0.2) is 0 Å². The van der Waals surface area contributed by atoms with E-state index in [0.29, 0.717) is 22.8 Å². The summed E-state index contributed by atoms with van der Waals surface area (Å²) in [6.45, 7) is 6.23. The first-order valence-electron chi connectivity index (χ1n) is 9.67. The molecule has 1 N–H and O–H groups in total. The molecule has 0 aliphatic heterocycles. The molecule has 2 aromatic carbocycles. The van der Waals surface area contributed by atoms with E-state index in [9.17, 15) is 5.11 Å². The Balaban J connectivity index is 1.84. The Morgan fingerprint density at radius 3 is 2.45 bits per heavy atom. The Hall–Kier alpha value is -2.75. The van der Waals surface area contributed by atoms with Crippen LogP contribution in [0.3, 0.4) is 0 Å². The van der Waals surface area contributed by atoms with Crippen LogP contribution in [-0.2, 0) is 11.2 Å². The van der Waals surface area contributed by atoms with Gasteiger partial charge in [-0.2, -0.15) is 5.26 Å². The van der Waals surface area contributed by atoms with Crippen LogP contribution in [0.5, 0.6) is 17.2 Å². The Morgan fingerprint density at radius 1 is 1.00 bits per heavy atom. The van der Waals surface area contributed by atoms with Gasteiger partial charge in [0, 0.05) is 6.07 Å². The number of rotatable bonds is 11. The van der Waals surface area contributed by atoms with E-state index in [1.807, 2.05) is 51.1 Å². The molecule has 2 aromatic rings. The lowest BCUT2D eigenvalue weighted by Crippen LogP contribution is -2.25. The molecular formula is C23H29NO5. The highest BCUT2D eigenvalue weighted by Crippen LogP contribution is 2.28. The van der Waals surface area contributed by atoms with Crippen molar-refractivity contribution in [1.29, 1.82) is 5.26 Å². The third kappa shape index (κ3) is 7.65. The number of hydrogen-bond acceptors (Lipinski definition) is 6. The summed E-state index contributed by atoms with van der Waals surface area (Å²) in [4.78, 5) is 0. The van der Waals surface area contributed by atoms with Gasteiger partial charge >= 0.3 is 0 Å². The lowest BCUT2D eigenvalue weighted by Gasteiger charge is -2.17. The molecule has 0 spiro atoms. The standard InChI is InChI=1S/C23H29NO5/c1-16(2)29-17(3)10-18-6-5-7-21(11-18)27-14-20(25)15-28-22-9-8-19(13-24)12-23(22)26-4/h5-9,11-12,16-17,20,25H,10,14-15H2,1-4H3. The number of ether oxygens (including phenoxy) is 4. The van der Waals surface area contributed by atoms with Gasteiger partial charge in [0.2, 0.25) is 0 Å². The van der Waals surface area contributed by atoms with Crippen LogP contribution >= 0.6 is 0 Å². The molecule has 0 heterocycles. The van der Waals surface area contributed by atoms with Crippen molar-refractivity contribution in [3.05, 3.63) is 53.6 Å². The normalized spacial score (nSPS) is 12.9. The first kappa shape index (κ1) is 22.5. The van der Waals surface area contributed by atoms with E-state index in [1.54, 1.807) is 18.2 Å². The summed E-state index contributed by atoms with van der Waals surface area (Å²) in [5, 5.41) is 19.1. The fourth-order valence-corrected chi connectivity index (χ4v) is 2.89. The minimum atomic E-state index is -0.817. The zero-order valence-corrected chi connectivity index (χ0v) is 17.4. The minimum Gasteiger partial charge on any atom is -0.493 e. The fraction of sp³-hybridized carbons (Fsp3) is 0.435. The first-order valence-corrected chi connectivity index (χ1v) is 9.67. The minimum absolute atomic E-state index is 0.0429. The van der Waals surface area contributed by atoms with Crippen LogP contribution in [0.15, 0.2) is 42.5 Å². The largest absolute Gasteiger partial charge is 0.493 e. The van der Waals surface area contributed by atoms with Crippen molar-refractivity contribution >= 4 is 0 Å². The second-order valence-electron chi connectivity index (χ2n) is 7.10. The zero-order valence-electron chi connectivity index (χ0n) is 17.4. The molecule has 0 aliphatic rings. The van der Waals surface area contributed by atoms with Crippen LogP contribution in [0.4, 0.5) is 0 Å². The molecule has 6 heteroatoms. The molecular weight excluding hydrogens is 370 g/mol. The average Bonchev–Trinajstić information content (AvgIpc) is 2.70. The second kappa shape index (κ2) is 11.3. The summed E-state index contributed by atoms with van der Waals surface area (Å²) in [5.41, 5.74) is 1.59. The lowest BCUT2D eigenvalue weighted by atomic mass is 10.1. The molecule has 0 radical (unpaired) electrons. The van der Waals surface area contributed by atoms with Gasteiger partial charge in [0.05, 0.1) is 31.0 Å². The number of aliphatic hydroxyl groups excluding tert-OH is 1. The maximum Gasteiger partial charge on any atom is 0.162 e. The van der Waals surface area contributed by atoms with E-state index in [2.05, 4.69) is 0 Å². The molecule has 6 nitrogen and oxygen atoms in total. The van der Waals surface area contributed by atoms with Gasteiger partial charge in [-0.05, 0) is 57.0 Å². The smallest absolute Gasteiger partial charge is 0.162 e. The van der Waals surface area contributed by atoms with Crippen LogP contribution in [0, 0.1) is 11.3 Å². The fourth-order valence-electron chi connectivity index (χ4n) is 2.89. The van der Waals surface area contributed by atoms with E-state index in [-0.39, 0.29) is 25.4 Å². The molecule has 2 unspecified atom stereocenters. The predicted molar refractivity (Wildman–Crippen MR) is 111 cm³/mol. The Morgan fingerprint density at radius 2 is 1.76 bits per heavy atom. The molecule has 0 saturated carbocycles. The molecule has 0 saturated heterocycles. The molecule has 0 aliphatic carbocycles. The van der Waals surface area contributed by atoms with Gasteiger partial charge in [-0.15, -0.1) is 0 Å². The second-order valence-corrected chi connectivity index (χ2v) is 7.10. The summed E-state index contributed by atoms with van der Waals surface area (Å²) < 4.78 is 22.3. The van der Waals surface area contributed by atoms with Crippen LogP contribution in [0.1, 0.15) is 31.9 Å². The zero-order chi connectivity index (χ0) is 21.2. The van der Waals surface area contributed by atoms with Crippen LogP contribution in [0.2, 0.25) is 0 Å². The molecule has 156 valence electrons. The van der Waals surface area contributed by atoms with E-state index in [4.69, 9.17) is 24.2 Å². The summed E-state index contributed by atoms with van der Waals surface area (Å²) in [5.74, 6) is 1.60. The summed E-state index contributed by atoms with van der Waals surface area (Å²) in [6.07, 6.45) is 0.280. The van der Waals surface area contributed by atoms with E-state index >= 15 is 0 Å². The molecule has 0 amide bonds. The van der Waals surface area contributed by atoms with E-state index in [0.717, 1.165) is 12.0 Å². The van der Waals surface area contributed by atoms with E-state index in [1.165, 1.54) is 7.11 Å². The number of nitriles is 1. The lowest BCUT2D eigenvalue weighted by molar-refractivity contribution is 0.0194. The van der Waals surface area contributed by atoms with Crippen molar-refractivity contribution in [3.63, 3.8) is 0 Å². The van der Waals surface area contributed by atoms with Crippen LogP contribution in [0.25, 0.3) is 0 Å². The number of nitrogens with zero attached hydrogens (tertiary/aromatic N) is 1. The van der Waals surface area contributed by atoms with Crippen molar-refractivity contribution in [2.75, 3.05) is 20.3 Å². The highest BCUT2D eigenvalue weighted by atomic mass is 16.5. The molecule has 0 fully saturated rings.